The molecule has 100 valence electrons. The topological polar surface area (TPSA) is 75.8 Å². The lowest BCUT2D eigenvalue weighted by Crippen LogP contribution is -2.33. The molecule has 1 aliphatic rings. The summed E-state index contributed by atoms with van der Waals surface area (Å²) in [7, 11) is 1.63. The molecular formula is C12H18N2O4. The van der Waals surface area contributed by atoms with E-state index in [1.165, 1.54) is 11.3 Å². The van der Waals surface area contributed by atoms with Crippen molar-refractivity contribution in [3.63, 3.8) is 0 Å². The van der Waals surface area contributed by atoms with Gasteiger partial charge in [0, 0.05) is 20.2 Å². The molecular weight excluding hydrogens is 236 g/mol. The molecule has 1 fully saturated rings. The molecule has 1 N–H and O–H groups in total. The van der Waals surface area contributed by atoms with Crippen molar-refractivity contribution in [2.24, 2.45) is 0 Å². The molecule has 6 nitrogen and oxygen atoms in total. The molecule has 1 aliphatic heterocycles. The molecule has 0 spiro atoms. The zero-order valence-corrected chi connectivity index (χ0v) is 10.6. The molecule has 2 rings (SSSR count). The SMILES string of the molecule is CC(O)CN(C)C(=O)c1ncoc1C1CCCO1. The van der Waals surface area contributed by atoms with E-state index in [4.69, 9.17) is 9.15 Å². The first-order valence-electron chi connectivity index (χ1n) is 6.08. The van der Waals surface area contributed by atoms with E-state index in [-0.39, 0.29) is 24.2 Å². The van der Waals surface area contributed by atoms with Gasteiger partial charge in [-0.05, 0) is 19.8 Å². The number of carbonyl (C=O) groups is 1. The number of oxazole rings is 1. The van der Waals surface area contributed by atoms with Gasteiger partial charge in [-0.2, -0.15) is 0 Å². The zero-order chi connectivity index (χ0) is 13.1. The number of aliphatic hydroxyl groups excluding tert-OH is 1. The molecule has 0 saturated carbocycles. The minimum Gasteiger partial charge on any atom is -0.445 e. The lowest BCUT2D eigenvalue weighted by Gasteiger charge is -2.18. The number of nitrogens with zero attached hydrogens (tertiary/aromatic N) is 2. The van der Waals surface area contributed by atoms with Gasteiger partial charge in [0.05, 0.1) is 6.10 Å². The van der Waals surface area contributed by atoms with Crippen LogP contribution in [0.5, 0.6) is 0 Å². The maximum Gasteiger partial charge on any atom is 0.276 e. The largest absolute Gasteiger partial charge is 0.445 e. The molecule has 1 aromatic heterocycles. The molecule has 0 aromatic carbocycles. The highest BCUT2D eigenvalue weighted by Crippen LogP contribution is 2.30. The van der Waals surface area contributed by atoms with E-state index in [0.717, 1.165) is 12.8 Å². The van der Waals surface area contributed by atoms with Crippen LogP contribution in [0.25, 0.3) is 0 Å². The summed E-state index contributed by atoms with van der Waals surface area (Å²) >= 11 is 0. The van der Waals surface area contributed by atoms with Crippen LogP contribution in [0.3, 0.4) is 0 Å². The Morgan fingerprint density at radius 3 is 3.11 bits per heavy atom. The van der Waals surface area contributed by atoms with E-state index in [1.54, 1.807) is 14.0 Å². The van der Waals surface area contributed by atoms with Crippen LogP contribution in [0.1, 0.15) is 42.1 Å². The van der Waals surface area contributed by atoms with Crippen LogP contribution >= 0.6 is 0 Å². The van der Waals surface area contributed by atoms with Crippen LogP contribution in [0, 0.1) is 0 Å². The maximum atomic E-state index is 12.2. The Morgan fingerprint density at radius 1 is 1.72 bits per heavy atom. The third kappa shape index (κ3) is 2.70. The lowest BCUT2D eigenvalue weighted by atomic mass is 10.1. The van der Waals surface area contributed by atoms with Gasteiger partial charge in [0.1, 0.15) is 6.10 Å². The predicted molar refractivity (Wildman–Crippen MR) is 63.1 cm³/mol. The summed E-state index contributed by atoms with van der Waals surface area (Å²) in [5.41, 5.74) is 0.282. The van der Waals surface area contributed by atoms with Crippen LogP contribution in [0.4, 0.5) is 0 Å². The van der Waals surface area contributed by atoms with Crippen LogP contribution in [0.15, 0.2) is 10.8 Å². The van der Waals surface area contributed by atoms with Crippen molar-refractivity contribution in [2.75, 3.05) is 20.2 Å². The standard InChI is InChI=1S/C12H18N2O4/c1-8(15)6-14(2)12(16)10-11(18-7-13-10)9-4-3-5-17-9/h7-9,15H,3-6H2,1-2H3. The maximum absolute atomic E-state index is 12.2. The predicted octanol–water partition coefficient (Wildman–Crippen LogP) is 0.979. The average Bonchev–Trinajstić information content (AvgIpc) is 2.97. The van der Waals surface area contributed by atoms with Gasteiger partial charge < -0.3 is 19.2 Å². The molecule has 1 amide bonds. The fourth-order valence-corrected chi connectivity index (χ4v) is 2.09. The molecule has 1 aromatic rings. The number of likely N-dealkylation sites (N-methyl/N-ethyl adjacent to an activating group) is 1. The van der Waals surface area contributed by atoms with Crippen molar-refractivity contribution >= 4 is 5.91 Å². The van der Waals surface area contributed by atoms with Crippen molar-refractivity contribution in [1.29, 1.82) is 0 Å². The molecule has 0 aliphatic carbocycles. The van der Waals surface area contributed by atoms with E-state index in [9.17, 15) is 9.90 Å². The van der Waals surface area contributed by atoms with E-state index in [0.29, 0.717) is 12.4 Å². The summed E-state index contributed by atoms with van der Waals surface area (Å²) in [6, 6.07) is 0. The number of hydrogen-bond donors (Lipinski definition) is 1. The van der Waals surface area contributed by atoms with Gasteiger partial charge in [-0.1, -0.05) is 0 Å². The third-order valence-corrected chi connectivity index (χ3v) is 2.90. The van der Waals surface area contributed by atoms with Crippen LogP contribution in [-0.2, 0) is 4.74 Å². The first-order valence-corrected chi connectivity index (χ1v) is 6.08. The van der Waals surface area contributed by atoms with Crippen LogP contribution in [0.2, 0.25) is 0 Å². The summed E-state index contributed by atoms with van der Waals surface area (Å²) in [5, 5.41) is 9.29. The summed E-state index contributed by atoms with van der Waals surface area (Å²) in [6.45, 7) is 2.58. The second-order valence-corrected chi connectivity index (χ2v) is 4.60. The zero-order valence-electron chi connectivity index (χ0n) is 10.6. The lowest BCUT2D eigenvalue weighted by molar-refractivity contribution is 0.0671. The van der Waals surface area contributed by atoms with Crippen molar-refractivity contribution in [3.05, 3.63) is 17.8 Å². The highest BCUT2D eigenvalue weighted by molar-refractivity contribution is 5.93. The Labute approximate surface area is 106 Å². The Balaban J connectivity index is 2.12. The minimum absolute atomic E-state index is 0.175. The van der Waals surface area contributed by atoms with Gasteiger partial charge in [-0.3, -0.25) is 4.79 Å². The van der Waals surface area contributed by atoms with Gasteiger partial charge in [-0.25, -0.2) is 4.98 Å². The molecule has 18 heavy (non-hydrogen) atoms. The quantitative estimate of drug-likeness (QED) is 0.866. The van der Waals surface area contributed by atoms with Gasteiger partial charge in [0.15, 0.2) is 17.8 Å². The summed E-state index contributed by atoms with van der Waals surface area (Å²) in [6.07, 6.45) is 2.32. The Bertz CT molecular complexity index is 410. The van der Waals surface area contributed by atoms with Crippen molar-refractivity contribution in [3.8, 4) is 0 Å². The smallest absolute Gasteiger partial charge is 0.276 e. The first kappa shape index (κ1) is 13.0. The molecule has 1 saturated heterocycles. The second-order valence-electron chi connectivity index (χ2n) is 4.60. The van der Waals surface area contributed by atoms with E-state index < -0.39 is 6.10 Å². The van der Waals surface area contributed by atoms with E-state index in [1.807, 2.05) is 0 Å². The monoisotopic (exact) mass is 254 g/mol. The molecule has 2 unspecified atom stereocenters. The number of carbonyl (C=O) groups excluding carboxylic acids is 1. The minimum atomic E-state index is -0.572. The fourth-order valence-electron chi connectivity index (χ4n) is 2.09. The third-order valence-electron chi connectivity index (χ3n) is 2.90. The number of aliphatic hydroxyl groups is 1. The molecule has 2 heterocycles. The van der Waals surface area contributed by atoms with Crippen molar-refractivity contribution in [1.82, 2.24) is 9.88 Å². The Kier molecular flexibility index (Phi) is 3.98. The number of rotatable bonds is 4. The molecule has 2 atom stereocenters. The van der Waals surface area contributed by atoms with E-state index >= 15 is 0 Å². The van der Waals surface area contributed by atoms with Crippen LogP contribution in [-0.4, -0.2) is 47.2 Å². The number of ether oxygens (including phenoxy) is 1. The first-order chi connectivity index (χ1) is 8.59. The summed E-state index contributed by atoms with van der Waals surface area (Å²) in [4.78, 5) is 17.6. The molecule has 6 heteroatoms. The number of amides is 1. The highest BCUT2D eigenvalue weighted by Gasteiger charge is 2.29. The van der Waals surface area contributed by atoms with Crippen LogP contribution < -0.4 is 0 Å². The van der Waals surface area contributed by atoms with Crippen molar-refractivity contribution < 1.29 is 19.1 Å². The number of hydrogen-bond acceptors (Lipinski definition) is 5. The fraction of sp³-hybridized carbons (Fsp3) is 0.667. The van der Waals surface area contributed by atoms with E-state index in [2.05, 4.69) is 4.98 Å². The number of aromatic nitrogens is 1. The Hall–Kier alpha value is -1.40. The van der Waals surface area contributed by atoms with Gasteiger partial charge in [0.2, 0.25) is 0 Å². The van der Waals surface area contributed by atoms with Crippen molar-refractivity contribution in [2.45, 2.75) is 32.0 Å². The summed E-state index contributed by atoms with van der Waals surface area (Å²) in [5.74, 6) is 0.241. The molecule has 0 radical (unpaired) electrons. The highest BCUT2D eigenvalue weighted by atomic mass is 16.5. The second kappa shape index (κ2) is 5.49. The van der Waals surface area contributed by atoms with Gasteiger partial charge >= 0.3 is 0 Å². The van der Waals surface area contributed by atoms with Gasteiger partial charge in [-0.15, -0.1) is 0 Å². The van der Waals surface area contributed by atoms with Gasteiger partial charge in [0.25, 0.3) is 5.91 Å². The Morgan fingerprint density at radius 2 is 2.50 bits per heavy atom. The summed E-state index contributed by atoms with van der Waals surface area (Å²) < 4.78 is 10.8. The molecule has 0 bridgehead atoms. The average molecular weight is 254 g/mol. The normalized spacial score (nSPS) is 20.9.